The van der Waals surface area contributed by atoms with Gasteiger partial charge in [0, 0.05) is 12.7 Å². The average molecular weight is 192 g/mol. The minimum absolute atomic E-state index is 0.402. The molecule has 1 saturated carbocycles. The number of nitrogens with one attached hydrogen (secondary N) is 1. The summed E-state index contributed by atoms with van der Waals surface area (Å²) in [7, 11) is 0. The van der Waals surface area contributed by atoms with Crippen molar-refractivity contribution in [3.05, 3.63) is 18.1 Å². The van der Waals surface area contributed by atoms with Crippen molar-refractivity contribution in [3.8, 4) is 0 Å². The van der Waals surface area contributed by atoms with E-state index in [1.165, 1.54) is 19.3 Å². The number of hydrogen-bond acceptors (Lipinski definition) is 4. The minimum Gasteiger partial charge on any atom is -0.370 e. The summed E-state index contributed by atoms with van der Waals surface area (Å²) in [6.45, 7) is 1.43. The summed E-state index contributed by atoms with van der Waals surface area (Å²) in [5, 5.41) is 3.31. The van der Waals surface area contributed by atoms with Gasteiger partial charge in [-0.2, -0.15) is 0 Å². The van der Waals surface area contributed by atoms with Crippen molar-refractivity contribution in [1.29, 1.82) is 0 Å². The van der Waals surface area contributed by atoms with Gasteiger partial charge in [0.2, 0.25) is 0 Å². The fourth-order valence-electron chi connectivity index (χ4n) is 1.54. The van der Waals surface area contributed by atoms with Gasteiger partial charge in [0.05, 0.1) is 6.54 Å². The van der Waals surface area contributed by atoms with Crippen LogP contribution in [0, 0.1) is 5.92 Å². The average Bonchev–Trinajstić information content (AvgIpc) is 2.16. The molecule has 1 aliphatic rings. The second kappa shape index (κ2) is 4.37. The van der Waals surface area contributed by atoms with Gasteiger partial charge in [0.1, 0.15) is 11.6 Å². The summed E-state index contributed by atoms with van der Waals surface area (Å²) < 4.78 is 0. The summed E-state index contributed by atoms with van der Waals surface area (Å²) in [6.07, 6.45) is 5.83. The summed E-state index contributed by atoms with van der Waals surface area (Å²) in [5.41, 5.74) is 5.46. The van der Waals surface area contributed by atoms with Crippen molar-refractivity contribution < 1.29 is 0 Å². The minimum atomic E-state index is 0.402. The zero-order chi connectivity index (χ0) is 9.80. The zero-order valence-corrected chi connectivity index (χ0v) is 8.24. The molecule has 14 heavy (non-hydrogen) atoms. The summed E-state index contributed by atoms with van der Waals surface area (Å²) in [5.74, 6) is 2.43. The fourth-order valence-corrected chi connectivity index (χ4v) is 1.54. The van der Waals surface area contributed by atoms with Crippen LogP contribution in [0.25, 0.3) is 0 Å². The van der Waals surface area contributed by atoms with Crippen LogP contribution in [-0.4, -0.2) is 16.5 Å². The molecule has 0 atom stereocenters. The lowest BCUT2D eigenvalue weighted by molar-refractivity contribution is 0.333. The lowest BCUT2D eigenvalue weighted by atomic mass is 9.85. The Morgan fingerprint density at radius 2 is 2.36 bits per heavy atom. The first-order chi connectivity index (χ1) is 6.88. The van der Waals surface area contributed by atoms with Gasteiger partial charge in [-0.3, -0.25) is 0 Å². The third-order valence-corrected chi connectivity index (χ3v) is 2.68. The highest BCUT2D eigenvalue weighted by Crippen LogP contribution is 2.26. The van der Waals surface area contributed by atoms with Crippen molar-refractivity contribution in [3.63, 3.8) is 0 Å². The van der Waals surface area contributed by atoms with Crippen molar-refractivity contribution >= 4 is 5.82 Å². The molecule has 1 aromatic rings. The quantitative estimate of drug-likeness (QED) is 0.751. The monoisotopic (exact) mass is 192 g/mol. The first kappa shape index (κ1) is 9.40. The predicted molar refractivity (Wildman–Crippen MR) is 55.8 cm³/mol. The van der Waals surface area contributed by atoms with Gasteiger partial charge >= 0.3 is 0 Å². The van der Waals surface area contributed by atoms with Crippen LogP contribution in [0.2, 0.25) is 0 Å². The van der Waals surface area contributed by atoms with E-state index in [1.807, 2.05) is 6.07 Å². The Morgan fingerprint density at radius 3 is 3.00 bits per heavy atom. The van der Waals surface area contributed by atoms with E-state index < -0.39 is 0 Å². The lowest BCUT2D eigenvalue weighted by Crippen LogP contribution is -2.21. The third-order valence-electron chi connectivity index (χ3n) is 2.68. The second-order valence-electron chi connectivity index (χ2n) is 3.74. The van der Waals surface area contributed by atoms with Gasteiger partial charge in [0.15, 0.2) is 0 Å². The molecule has 0 saturated heterocycles. The molecule has 0 radical (unpaired) electrons. The molecule has 0 amide bonds. The normalized spacial score (nSPS) is 16.4. The van der Waals surface area contributed by atoms with E-state index in [0.717, 1.165) is 18.3 Å². The molecule has 0 bridgehead atoms. The van der Waals surface area contributed by atoms with E-state index >= 15 is 0 Å². The van der Waals surface area contributed by atoms with Crippen LogP contribution in [0.3, 0.4) is 0 Å². The van der Waals surface area contributed by atoms with Crippen LogP contribution < -0.4 is 11.1 Å². The topological polar surface area (TPSA) is 63.8 Å². The number of aromatic nitrogens is 2. The number of nitrogens with two attached hydrogens (primary N) is 1. The van der Waals surface area contributed by atoms with E-state index in [2.05, 4.69) is 15.3 Å². The molecule has 4 heteroatoms. The van der Waals surface area contributed by atoms with Gasteiger partial charge in [-0.1, -0.05) is 6.42 Å². The first-order valence-electron chi connectivity index (χ1n) is 5.14. The van der Waals surface area contributed by atoms with Crippen molar-refractivity contribution in [2.45, 2.75) is 25.8 Å². The zero-order valence-electron chi connectivity index (χ0n) is 8.24. The van der Waals surface area contributed by atoms with Gasteiger partial charge in [-0.15, -0.1) is 0 Å². The van der Waals surface area contributed by atoms with Gasteiger partial charge in [-0.25, -0.2) is 9.97 Å². The van der Waals surface area contributed by atoms with Crippen LogP contribution in [0.15, 0.2) is 12.3 Å². The van der Waals surface area contributed by atoms with Gasteiger partial charge in [0.25, 0.3) is 0 Å². The van der Waals surface area contributed by atoms with Crippen molar-refractivity contribution in [1.82, 2.24) is 9.97 Å². The molecule has 4 nitrogen and oxygen atoms in total. The molecule has 1 fully saturated rings. The SMILES string of the molecule is NCc1nccc(NCC2CCC2)n1. The molecular weight excluding hydrogens is 176 g/mol. The smallest absolute Gasteiger partial charge is 0.144 e. The Labute approximate surface area is 83.9 Å². The van der Waals surface area contributed by atoms with Crippen LogP contribution in [0.5, 0.6) is 0 Å². The Balaban J connectivity index is 1.87. The van der Waals surface area contributed by atoms with E-state index in [-0.39, 0.29) is 0 Å². The summed E-state index contributed by atoms with van der Waals surface area (Å²) >= 11 is 0. The van der Waals surface area contributed by atoms with E-state index in [1.54, 1.807) is 6.20 Å². The van der Waals surface area contributed by atoms with Crippen molar-refractivity contribution in [2.24, 2.45) is 11.7 Å². The Kier molecular flexibility index (Phi) is 2.93. The summed E-state index contributed by atoms with van der Waals surface area (Å²) in [6, 6.07) is 1.89. The number of hydrogen-bond donors (Lipinski definition) is 2. The Morgan fingerprint density at radius 1 is 1.50 bits per heavy atom. The molecule has 1 aliphatic carbocycles. The largest absolute Gasteiger partial charge is 0.370 e. The number of nitrogens with zero attached hydrogens (tertiary/aromatic N) is 2. The second-order valence-corrected chi connectivity index (χ2v) is 3.74. The molecule has 3 N–H and O–H groups in total. The van der Waals surface area contributed by atoms with Gasteiger partial charge < -0.3 is 11.1 Å². The molecule has 2 rings (SSSR count). The highest BCUT2D eigenvalue weighted by atomic mass is 15.0. The molecule has 0 aromatic carbocycles. The number of rotatable bonds is 4. The van der Waals surface area contributed by atoms with Crippen LogP contribution >= 0.6 is 0 Å². The molecule has 1 heterocycles. The standard InChI is InChI=1S/C10H16N4/c11-6-10-12-5-4-9(14-10)13-7-8-2-1-3-8/h4-5,8H,1-3,6-7,11H2,(H,12,13,14). The molecule has 0 unspecified atom stereocenters. The van der Waals surface area contributed by atoms with E-state index in [0.29, 0.717) is 12.4 Å². The molecular formula is C10H16N4. The molecule has 0 aliphatic heterocycles. The van der Waals surface area contributed by atoms with E-state index in [4.69, 9.17) is 5.73 Å². The predicted octanol–water partition coefficient (Wildman–Crippen LogP) is 1.15. The summed E-state index contributed by atoms with van der Waals surface area (Å²) in [4.78, 5) is 8.32. The van der Waals surface area contributed by atoms with Gasteiger partial charge in [-0.05, 0) is 24.8 Å². The highest BCUT2D eigenvalue weighted by Gasteiger charge is 2.16. The molecule has 76 valence electrons. The highest BCUT2D eigenvalue weighted by molar-refractivity contribution is 5.32. The fraction of sp³-hybridized carbons (Fsp3) is 0.600. The first-order valence-corrected chi connectivity index (χ1v) is 5.14. The van der Waals surface area contributed by atoms with Crippen LogP contribution in [-0.2, 0) is 6.54 Å². The van der Waals surface area contributed by atoms with Crippen LogP contribution in [0.4, 0.5) is 5.82 Å². The maximum atomic E-state index is 5.46. The lowest BCUT2D eigenvalue weighted by Gasteiger charge is -2.25. The molecule has 1 aromatic heterocycles. The van der Waals surface area contributed by atoms with E-state index in [9.17, 15) is 0 Å². The third kappa shape index (κ3) is 2.20. The maximum absolute atomic E-state index is 5.46. The Hall–Kier alpha value is -1.16. The van der Waals surface area contributed by atoms with Crippen molar-refractivity contribution in [2.75, 3.05) is 11.9 Å². The molecule has 0 spiro atoms. The maximum Gasteiger partial charge on any atom is 0.144 e. The van der Waals surface area contributed by atoms with Crippen LogP contribution in [0.1, 0.15) is 25.1 Å². The Bertz CT molecular complexity index is 296. The number of anilines is 1.